The SMILES string of the molecule is COc1ccc(C2N(C(=O)OCc3ccccc3)C(c3ccccc3)C(=O)N2C2C(=O)N(c3ccc(OC)cc3)C2C=Cc2ccccc2)cc1. The Balaban J connectivity index is 1.34. The fraction of sp³-hybridized carbons (Fsp3) is 0.167. The standard InChI is InChI=1S/C42H37N3O6/c1-49-34-23-19-32(20-24-34)39-44(40(46)37(31-16-10-5-11-17-31)45(39)42(48)51-28-30-14-8-4-9-15-30)38-36(27-18-29-12-6-3-7-13-29)43(41(38)47)33-21-25-35(50-2)26-22-33/h3-27,36-39H,28H2,1-2H3. The Hall–Kier alpha value is -6.35. The molecule has 0 radical (unpaired) electrons. The molecule has 7 rings (SSSR count). The van der Waals surface area contributed by atoms with Crippen LogP contribution in [0.25, 0.3) is 6.08 Å². The number of β-lactam (4-membered cyclic amide) rings is 1. The monoisotopic (exact) mass is 679 g/mol. The smallest absolute Gasteiger partial charge is 0.413 e. The third-order valence-corrected chi connectivity index (χ3v) is 9.29. The van der Waals surface area contributed by atoms with Crippen molar-refractivity contribution in [2.45, 2.75) is 30.9 Å². The molecule has 9 nitrogen and oxygen atoms in total. The number of hydrogen-bond acceptors (Lipinski definition) is 6. The molecule has 0 saturated carbocycles. The number of amides is 3. The molecule has 2 aliphatic heterocycles. The molecule has 51 heavy (non-hydrogen) atoms. The summed E-state index contributed by atoms with van der Waals surface area (Å²) in [5, 5.41) is 0. The summed E-state index contributed by atoms with van der Waals surface area (Å²) in [6.07, 6.45) is 2.23. The molecule has 0 aliphatic carbocycles. The minimum absolute atomic E-state index is 0.0112. The van der Waals surface area contributed by atoms with Gasteiger partial charge in [-0.1, -0.05) is 115 Å². The van der Waals surface area contributed by atoms with Gasteiger partial charge in [0.15, 0.2) is 0 Å². The van der Waals surface area contributed by atoms with Crippen molar-refractivity contribution in [2.75, 3.05) is 19.1 Å². The van der Waals surface area contributed by atoms with Gasteiger partial charge in [0.1, 0.15) is 36.4 Å². The topological polar surface area (TPSA) is 88.6 Å². The van der Waals surface area contributed by atoms with Gasteiger partial charge in [-0.3, -0.25) is 14.5 Å². The van der Waals surface area contributed by atoms with Crippen LogP contribution in [0.4, 0.5) is 10.5 Å². The molecule has 4 atom stereocenters. The van der Waals surface area contributed by atoms with Crippen molar-refractivity contribution in [3.63, 3.8) is 0 Å². The molecule has 256 valence electrons. The minimum Gasteiger partial charge on any atom is -0.497 e. The number of rotatable bonds is 10. The van der Waals surface area contributed by atoms with Gasteiger partial charge >= 0.3 is 6.09 Å². The maximum atomic E-state index is 15.0. The Labute approximate surface area is 296 Å². The highest BCUT2D eigenvalue weighted by Gasteiger charge is 2.60. The van der Waals surface area contributed by atoms with Crippen molar-refractivity contribution in [3.8, 4) is 11.5 Å². The number of hydrogen-bond donors (Lipinski definition) is 0. The molecule has 4 unspecified atom stereocenters. The van der Waals surface area contributed by atoms with Crippen LogP contribution in [0.5, 0.6) is 11.5 Å². The zero-order chi connectivity index (χ0) is 35.3. The molecule has 0 spiro atoms. The zero-order valence-corrected chi connectivity index (χ0v) is 28.2. The van der Waals surface area contributed by atoms with E-state index in [-0.39, 0.29) is 18.4 Å². The van der Waals surface area contributed by atoms with Gasteiger partial charge in [0.05, 0.1) is 20.3 Å². The predicted molar refractivity (Wildman–Crippen MR) is 194 cm³/mol. The lowest BCUT2D eigenvalue weighted by atomic mass is 9.90. The molecule has 2 aliphatic rings. The Bertz CT molecular complexity index is 2000. The van der Waals surface area contributed by atoms with E-state index in [2.05, 4.69) is 0 Å². The molecule has 2 fully saturated rings. The molecule has 5 aromatic carbocycles. The van der Waals surface area contributed by atoms with E-state index in [4.69, 9.17) is 14.2 Å². The van der Waals surface area contributed by atoms with Crippen LogP contribution in [0.15, 0.2) is 146 Å². The highest BCUT2D eigenvalue weighted by atomic mass is 16.6. The van der Waals surface area contributed by atoms with Crippen molar-refractivity contribution in [1.82, 2.24) is 9.80 Å². The van der Waals surface area contributed by atoms with E-state index in [1.807, 2.05) is 127 Å². The second-order valence-corrected chi connectivity index (χ2v) is 12.3. The first-order chi connectivity index (χ1) is 25.0. The summed E-state index contributed by atoms with van der Waals surface area (Å²) < 4.78 is 16.7. The van der Waals surface area contributed by atoms with E-state index in [0.29, 0.717) is 28.3 Å². The van der Waals surface area contributed by atoms with Gasteiger partial charge in [-0.25, -0.2) is 4.79 Å². The van der Waals surface area contributed by atoms with Crippen molar-refractivity contribution in [1.29, 1.82) is 0 Å². The lowest BCUT2D eigenvalue weighted by Crippen LogP contribution is -2.71. The van der Waals surface area contributed by atoms with E-state index in [0.717, 1.165) is 11.1 Å². The largest absolute Gasteiger partial charge is 0.497 e. The molecule has 2 saturated heterocycles. The van der Waals surface area contributed by atoms with Gasteiger partial charge in [-0.2, -0.15) is 0 Å². The summed E-state index contributed by atoms with van der Waals surface area (Å²) in [6.45, 7) is 0.0112. The van der Waals surface area contributed by atoms with Crippen LogP contribution in [0.3, 0.4) is 0 Å². The summed E-state index contributed by atoms with van der Waals surface area (Å²) in [4.78, 5) is 48.5. The molecule has 3 amide bonds. The number of carbonyl (C=O) groups is 3. The number of methoxy groups -OCH3 is 2. The Morgan fingerprint density at radius 3 is 1.84 bits per heavy atom. The number of benzene rings is 5. The number of nitrogens with zero attached hydrogens (tertiary/aromatic N) is 3. The van der Waals surface area contributed by atoms with Gasteiger partial charge in [-0.05, 0) is 58.7 Å². The van der Waals surface area contributed by atoms with Crippen molar-refractivity contribution in [2.24, 2.45) is 0 Å². The third-order valence-electron chi connectivity index (χ3n) is 9.29. The van der Waals surface area contributed by atoms with Crippen LogP contribution >= 0.6 is 0 Å². The fourth-order valence-corrected chi connectivity index (χ4v) is 6.77. The summed E-state index contributed by atoms with van der Waals surface area (Å²) in [7, 11) is 3.16. The molecular formula is C42H37N3O6. The summed E-state index contributed by atoms with van der Waals surface area (Å²) >= 11 is 0. The quantitative estimate of drug-likeness (QED) is 0.143. The molecule has 0 bridgehead atoms. The maximum absolute atomic E-state index is 15.0. The van der Waals surface area contributed by atoms with Gasteiger partial charge in [0.25, 0.3) is 11.8 Å². The Kier molecular flexibility index (Phi) is 9.52. The third kappa shape index (κ3) is 6.53. The number of ether oxygens (including phenoxy) is 3. The van der Waals surface area contributed by atoms with Crippen LogP contribution in [0, 0.1) is 0 Å². The molecular weight excluding hydrogens is 642 g/mol. The van der Waals surface area contributed by atoms with Gasteiger partial charge in [0, 0.05) is 5.69 Å². The minimum atomic E-state index is -1.05. The van der Waals surface area contributed by atoms with Crippen LogP contribution < -0.4 is 14.4 Å². The Morgan fingerprint density at radius 1 is 0.667 bits per heavy atom. The van der Waals surface area contributed by atoms with E-state index in [1.165, 1.54) is 4.90 Å². The number of carbonyl (C=O) groups excluding carboxylic acids is 3. The van der Waals surface area contributed by atoms with E-state index in [9.17, 15) is 14.4 Å². The highest BCUT2D eigenvalue weighted by molar-refractivity contribution is 6.09. The van der Waals surface area contributed by atoms with Crippen LogP contribution in [0.1, 0.15) is 34.5 Å². The van der Waals surface area contributed by atoms with E-state index < -0.39 is 30.4 Å². The van der Waals surface area contributed by atoms with Gasteiger partial charge in [-0.15, -0.1) is 0 Å². The summed E-state index contributed by atoms with van der Waals surface area (Å²) in [5.41, 5.74) is 3.64. The summed E-state index contributed by atoms with van der Waals surface area (Å²) in [5.74, 6) is 0.608. The summed E-state index contributed by atoms with van der Waals surface area (Å²) in [6, 6.07) is 40.1. The average Bonchev–Trinajstić information content (AvgIpc) is 3.48. The molecule has 0 N–H and O–H groups in total. The molecule has 2 heterocycles. The zero-order valence-electron chi connectivity index (χ0n) is 28.2. The van der Waals surface area contributed by atoms with Crippen molar-refractivity contribution < 1.29 is 28.6 Å². The van der Waals surface area contributed by atoms with Crippen molar-refractivity contribution >= 4 is 29.7 Å². The fourth-order valence-electron chi connectivity index (χ4n) is 6.77. The molecule has 9 heteroatoms. The maximum Gasteiger partial charge on any atom is 0.413 e. The van der Waals surface area contributed by atoms with Crippen LogP contribution in [0.2, 0.25) is 0 Å². The second kappa shape index (κ2) is 14.6. The molecule has 5 aromatic rings. The average molecular weight is 680 g/mol. The Morgan fingerprint density at radius 2 is 1.24 bits per heavy atom. The first kappa shape index (κ1) is 33.2. The van der Waals surface area contributed by atoms with Crippen LogP contribution in [-0.2, 0) is 20.9 Å². The first-order valence-corrected chi connectivity index (χ1v) is 16.7. The van der Waals surface area contributed by atoms with E-state index in [1.54, 1.807) is 48.3 Å². The molecule has 0 aromatic heterocycles. The van der Waals surface area contributed by atoms with Gasteiger partial charge in [0.2, 0.25) is 0 Å². The van der Waals surface area contributed by atoms with Gasteiger partial charge < -0.3 is 24.0 Å². The second-order valence-electron chi connectivity index (χ2n) is 12.3. The highest BCUT2D eigenvalue weighted by Crippen LogP contribution is 2.48. The van der Waals surface area contributed by atoms with Crippen LogP contribution in [-0.4, -0.2) is 54.0 Å². The first-order valence-electron chi connectivity index (χ1n) is 16.7. The lowest BCUT2D eigenvalue weighted by Gasteiger charge is -2.50. The predicted octanol–water partition coefficient (Wildman–Crippen LogP) is 7.42. The number of anilines is 1. The normalized spacial score (nSPS) is 20.0. The van der Waals surface area contributed by atoms with E-state index >= 15 is 0 Å². The lowest BCUT2D eigenvalue weighted by molar-refractivity contribution is -0.144. The van der Waals surface area contributed by atoms with Crippen molar-refractivity contribution in [3.05, 3.63) is 168 Å².